The first kappa shape index (κ1) is 65.4. The average molecular weight is 1070 g/mol. The number of phenolic OH excluding ortho intramolecular Hbond substituents is 2. The van der Waals surface area contributed by atoms with Crippen LogP contribution in [0.3, 0.4) is 0 Å². The molecule has 2 heterocycles. The van der Waals surface area contributed by atoms with Gasteiger partial charge in [-0.1, -0.05) is 157 Å². The molecule has 10 nitrogen and oxygen atoms in total. The molecule has 0 unspecified atom stereocenters. The highest BCUT2D eigenvalue weighted by atomic mass is 16.6. The van der Waals surface area contributed by atoms with Gasteiger partial charge in [0.1, 0.15) is 23.7 Å². The quantitative estimate of drug-likeness (QED) is 0.0489. The van der Waals surface area contributed by atoms with E-state index in [9.17, 15) is 19.8 Å². The summed E-state index contributed by atoms with van der Waals surface area (Å²) >= 11 is 0. The van der Waals surface area contributed by atoms with Gasteiger partial charge in [-0.25, -0.2) is 0 Å². The van der Waals surface area contributed by atoms with E-state index in [-0.39, 0.29) is 36.2 Å². The zero-order valence-electron chi connectivity index (χ0n) is 52.2. The summed E-state index contributed by atoms with van der Waals surface area (Å²) in [7, 11) is 0. The Labute approximate surface area is 469 Å². The molecule has 0 radical (unpaired) electrons. The van der Waals surface area contributed by atoms with Crippen LogP contribution in [0.15, 0.2) is 24.3 Å². The lowest BCUT2D eigenvalue weighted by atomic mass is 9.72. The molecule has 10 heteroatoms. The molecule has 2 aliphatic rings. The highest BCUT2D eigenvalue weighted by Crippen LogP contribution is 2.47. The fraction of sp³-hybridized carbons (Fsp3) is 0.761. The first-order chi connectivity index (χ1) is 35.8. The molecule has 4 rings (SSSR count). The lowest BCUT2D eigenvalue weighted by Gasteiger charge is -2.55. The Balaban J connectivity index is 1.85. The number of aryl methyl sites for hydroxylation is 2. The molecule has 77 heavy (non-hydrogen) atoms. The van der Waals surface area contributed by atoms with Gasteiger partial charge in [0.05, 0.1) is 0 Å². The molecule has 436 valence electrons. The predicted octanol–water partition coefficient (Wildman–Crippen LogP) is 16.3. The summed E-state index contributed by atoms with van der Waals surface area (Å²) in [6.45, 7) is 37.1. The monoisotopic (exact) mass is 1070 g/mol. The predicted molar refractivity (Wildman–Crippen MR) is 316 cm³/mol. The van der Waals surface area contributed by atoms with Crippen LogP contribution in [0.1, 0.15) is 285 Å². The number of hydrogen-bond acceptors (Lipinski definition) is 8. The van der Waals surface area contributed by atoms with Crippen molar-refractivity contribution in [2.24, 2.45) is 5.41 Å². The van der Waals surface area contributed by atoms with Gasteiger partial charge in [-0.05, 0) is 141 Å². The molecule has 2 aromatic rings. The third-order valence-electron chi connectivity index (χ3n) is 18.1. The molecule has 2 amide bonds. The number of nitrogens with zero attached hydrogens (tertiary/aromatic N) is 2. The van der Waals surface area contributed by atoms with E-state index in [1.807, 2.05) is 47.9 Å². The second-order valence-corrected chi connectivity index (χ2v) is 27.9. The summed E-state index contributed by atoms with van der Waals surface area (Å²) in [4.78, 5) is 64.8. The van der Waals surface area contributed by atoms with Crippen molar-refractivity contribution in [3.05, 3.63) is 57.6 Å². The minimum Gasteiger partial charge on any atom is -0.507 e. The van der Waals surface area contributed by atoms with Crippen LogP contribution < -0.4 is 0 Å². The maximum absolute atomic E-state index is 16.2. The van der Waals surface area contributed by atoms with E-state index >= 15 is 9.59 Å². The van der Waals surface area contributed by atoms with Crippen molar-refractivity contribution in [2.45, 2.75) is 324 Å². The van der Waals surface area contributed by atoms with Crippen LogP contribution in [0.25, 0.3) is 0 Å². The minimum atomic E-state index is -1.95. The summed E-state index contributed by atoms with van der Waals surface area (Å²) in [5.74, 6) is -0.817. The highest BCUT2D eigenvalue weighted by molar-refractivity contribution is 6.01. The fourth-order valence-corrected chi connectivity index (χ4v) is 13.6. The van der Waals surface area contributed by atoms with E-state index in [1.54, 1.807) is 0 Å². The number of carbonyl (C=O) groups excluding carboxylic acids is 4. The summed E-state index contributed by atoms with van der Waals surface area (Å²) in [5.41, 5.74) is -1.40. The standard InChI is InChI=1S/C67H110N2O8/c1-19-23-25-27-29-31-33-35-55(70)68-63(11,12)43-51(44-64(68,13)14)76-59(74)67(41-49-37-47(5)57(72)53(39-49)61(7,8)21-3,42-50-38-48(6)58(73)54(40-50)62(9,10)22-4)60(75)77-52-45-65(15,16)69(66(17,18)46-52)56(71)36-34-32-30-28-26-24-20-2/h37-40,51-52,72-73H,19-36,41-46H2,1-18H3. The molecule has 2 aromatic carbocycles. The van der Waals surface area contributed by atoms with Gasteiger partial charge in [0.2, 0.25) is 11.8 Å². The third kappa shape index (κ3) is 16.5. The SMILES string of the molecule is CCCCCCCCCC(=O)N1C(C)(C)CC(OC(=O)C(Cc2cc(C)c(O)c(C(C)(C)CC)c2)(Cc2cc(C)c(O)c(C(C)(C)CC)c2)C(=O)OC2CC(C)(C)N(C(=O)CCCCCCCCC)C(C)(C)C2)CC1(C)C. The maximum atomic E-state index is 16.2. The highest BCUT2D eigenvalue weighted by Gasteiger charge is 2.56. The van der Waals surface area contributed by atoms with Crippen molar-refractivity contribution in [3.63, 3.8) is 0 Å². The van der Waals surface area contributed by atoms with Crippen LogP contribution in [-0.2, 0) is 52.3 Å². The number of carbonyl (C=O) groups is 4. The number of likely N-dealkylation sites (tertiary alicyclic amines) is 2. The number of piperidine rings is 2. The van der Waals surface area contributed by atoms with Gasteiger partial charge in [0.15, 0.2) is 5.41 Å². The third-order valence-corrected chi connectivity index (χ3v) is 18.1. The Bertz CT molecular complexity index is 2110. The van der Waals surface area contributed by atoms with Crippen molar-refractivity contribution in [1.29, 1.82) is 0 Å². The summed E-state index contributed by atoms with van der Waals surface area (Å²) in [6, 6.07) is 7.63. The van der Waals surface area contributed by atoms with E-state index in [4.69, 9.17) is 9.47 Å². The molecule has 2 saturated heterocycles. The van der Waals surface area contributed by atoms with Crippen LogP contribution in [0, 0.1) is 19.3 Å². The number of aromatic hydroxyl groups is 2. The van der Waals surface area contributed by atoms with E-state index in [1.165, 1.54) is 51.4 Å². The Morgan fingerprint density at radius 3 is 1.06 bits per heavy atom. The summed E-state index contributed by atoms with van der Waals surface area (Å²) < 4.78 is 13.8. The summed E-state index contributed by atoms with van der Waals surface area (Å²) in [5, 5.41) is 23.2. The minimum absolute atomic E-state index is 0.0872. The van der Waals surface area contributed by atoms with Crippen molar-refractivity contribution >= 4 is 23.8 Å². The number of hydrogen-bond donors (Lipinski definition) is 2. The average Bonchev–Trinajstić information content (AvgIpc) is 3.30. The van der Waals surface area contributed by atoms with Gasteiger partial charge in [0.25, 0.3) is 0 Å². The molecule has 0 aromatic heterocycles. The van der Waals surface area contributed by atoms with Crippen LogP contribution in [-0.4, -0.2) is 78.1 Å². The molecular formula is C67H110N2O8. The molecule has 0 atom stereocenters. The molecular weight excluding hydrogens is 961 g/mol. The van der Waals surface area contributed by atoms with Crippen molar-refractivity contribution in [2.75, 3.05) is 0 Å². The molecule has 0 bridgehead atoms. The number of amides is 2. The van der Waals surface area contributed by atoms with Crippen molar-refractivity contribution < 1.29 is 38.9 Å². The lowest BCUT2D eigenvalue weighted by Crippen LogP contribution is -2.65. The molecule has 2 fully saturated rings. The van der Waals surface area contributed by atoms with Crippen molar-refractivity contribution in [3.8, 4) is 11.5 Å². The van der Waals surface area contributed by atoms with Gasteiger partial charge < -0.3 is 29.5 Å². The van der Waals surface area contributed by atoms with Crippen LogP contribution in [0.2, 0.25) is 0 Å². The lowest BCUT2D eigenvalue weighted by molar-refractivity contribution is -0.189. The Kier molecular flexibility index (Phi) is 22.9. The van der Waals surface area contributed by atoms with Crippen LogP contribution >= 0.6 is 0 Å². The maximum Gasteiger partial charge on any atom is 0.324 e. The number of unbranched alkanes of at least 4 members (excludes halogenated alkanes) is 12. The smallest absolute Gasteiger partial charge is 0.324 e. The van der Waals surface area contributed by atoms with E-state index < -0.39 is 62.5 Å². The first-order valence-corrected chi connectivity index (χ1v) is 30.5. The van der Waals surface area contributed by atoms with Gasteiger partial charge in [-0.3, -0.25) is 19.2 Å². The van der Waals surface area contributed by atoms with E-state index in [0.29, 0.717) is 60.8 Å². The van der Waals surface area contributed by atoms with Gasteiger partial charge in [-0.15, -0.1) is 0 Å². The number of ether oxygens (including phenoxy) is 2. The van der Waals surface area contributed by atoms with Gasteiger partial charge in [0, 0.05) is 71.8 Å². The van der Waals surface area contributed by atoms with Gasteiger partial charge in [-0.2, -0.15) is 0 Å². The number of rotatable bonds is 28. The van der Waals surface area contributed by atoms with Gasteiger partial charge >= 0.3 is 11.9 Å². The Morgan fingerprint density at radius 2 is 0.779 bits per heavy atom. The summed E-state index contributed by atoms with van der Waals surface area (Å²) in [6.07, 6.45) is 18.1. The zero-order chi connectivity index (χ0) is 58.0. The largest absolute Gasteiger partial charge is 0.507 e. The van der Waals surface area contributed by atoms with E-state index in [2.05, 4.69) is 111 Å². The second kappa shape index (κ2) is 26.9. The molecule has 0 saturated carbocycles. The zero-order valence-corrected chi connectivity index (χ0v) is 52.2. The number of benzene rings is 2. The molecule has 2 N–H and O–H groups in total. The van der Waals surface area contributed by atoms with E-state index in [0.717, 1.165) is 62.5 Å². The first-order valence-electron chi connectivity index (χ1n) is 30.5. The van der Waals surface area contributed by atoms with Crippen molar-refractivity contribution in [1.82, 2.24) is 9.80 Å². The second-order valence-electron chi connectivity index (χ2n) is 27.9. The Morgan fingerprint density at radius 1 is 0.494 bits per heavy atom. The number of esters is 2. The van der Waals surface area contributed by atoms with Crippen LogP contribution in [0.5, 0.6) is 11.5 Å². The molecule has 0 aliphatic carbocycles. The topological polar surface area (TPSA) is 134 Å². The fourth-order valence-electron chi connectivity index (χ4n) is 13.6. The van der Waals surface area contributed by atoms with Crippen LogP contribution in [0.4, 0.5) is 0 Å². The Hall–Kier alpha value is -4.08. The molecule has 0 spiro atoms. The molecule has 2 aliphatic heterocycles. The normalized spacial score (nSPS) is 17.8. The number of phenols is 2.